The summed E-state index contributed by atoms with van der Waals surface area (Å²) in [5.41, 5.74) is 8.05. The first-order chi connectivity index (χ1) is 6.22. The van der Waals surface area contributed by atoms with Crippen molar-refractivity contribution in [1.29, 1.82) is 0 Å². The third-order valence-corrected chi connectivity index (χ3v) is 1.37. The van der Waals surface area contributed by atoms with Crippen LogP contribution in [0.1, 0.15) is 25.6 Å². The molecule has 0 bridgehead atoms. The second kappa shape index (κ2) is 4.47. The molecule has 0 radical (unpaired) electrons. The maximum absolute atomic E-state index is 8.05. The molecule has 0 fully saturated rings. The summed E-state index contributed by atoms with van der Waals surface area (Å²) in [6, 6.07) is 0. The number of azide groups is 1. The van der Waals surface area contributed by atoms with E-state index >= 15 is 0 Å². The molecule has 0 atom stereocenters. The molecular formula is C7H11N5O. The van der Waals surface area contributed by atoms with Gasteiger partial charge in [-0.25, -0.2) is 0 Å². The molecule has 70 valence electrons. The molecule has 0 aliphatic carbocycles. The van der Waals surface area contributed by atoms with Gasteiger partial charge >= 0.3 is 0 Å². The Morgan fingerprint density at radius 2 is 2.38 bits per heavy atom. The van der Waals surface area contributed by atoms with Gasteiger partial charge < -0.3 is 4.52 Å². The zero-order valence-corrected chi connectivity index (χ0v) is 7.64. The van der Waals surface area contributed by atoms with Crippen LogP contribution < -0.4 is 0 Å². The summed E-state index contributed by atoms with van der Waals surface area (Å²) in [5, 5.41) is 6.99. The fourth-order valence-electron chi connectivity index (χ4n) is 0.881. The molecule has 0 aliphatic heterocycles. The smallest absolute Gasteiger partial charge is 0.226 e. The second-order valence-electron chi connectivity index (χ2n) is 3.09. The lowest BCUT2D eigenvalue weighted by Crippen LogP contribution is -1.94. The van der Waals surface area contributed by atoms with Crippen molar-refractivity contribution in [3.63, 3.8) is 0 Å². The topological polar surface area (TPSA) is 87.7 Å². The molecule has 0 amide bonds. The van der Waals surface area contributed by atoms with Gasteiger partial charge in [0.25, 0.3) is 0 Å². The minimum atomic E-state index is 0.151. The Balaban J connectivity index is 2.58. The van der Waals surface area contributed by atoms with Crippen LogP contribution in [0.2, 0.25) is 0 Å². The molecule has 1 rings (SSSR count). The average Bonchev–Trinajstić information content (AvgIpc) is 2.48. The maximum Gasteiger partial charge on any atom is 0.226 e. The van der Waals surface area contributed by atoms with Gasteiger partial charge in [-0.15, -0.1) is 0 Å². The maximum atomic E-state index is 8.05. The summed E-state index contributed by atoms with van der Waals surface area (Å²) in [4.78, 5) is 6.65. The predicted octanol–water partition coefficient (Wildman–Crippen LogP) is 2.08. The van der Waals surface area contributed by atoms with Crippen LogP contribution in [-0.2, 0) is 13.0 Å². The van der Waals surface area contributed by atoms with Crippen LogP contribution in [0.15, 0.2) is 9.64 Å². The van der Waals surface area contributed by atoms with Crippen molar-refractivity contribution >= 4 is 0 Å². The fourth-order valence-corrected chi connectivity index (χ4v) is 0.881. The summed E-state index contributed by atoms with van der Waals surface area (Å²) in [7, 11) is 0. The molecule has 1 heterocycles. The van der Waals surface area contributed by atoms with Crippen molar-refractivity contribution in [2.45, 2.75) is 26.8 Å². The van der Waals surface area contributed by atoms with Gasteiger partial charge in [0.1, 0.15) is 0 Å². The molecule has 1 aromatic heterocycles. The van der Waals surface area contributed by atoms with E-state index in [4.69, 9.17) is 10.1 Å². The highest BCUT2D eigenvalue weighted by molar-refractivity contribution is 4.86. The summed E-state index contributed by atoms with van der Waals surface area (Å²) in [6.45, 7) is 4.28. The Morgan fingerprint density at radius 3 is 3.00 bits per heavy atom. The van der Waals surface area contributed by atoms with E-state index in [2.05, 4.69) is 34.0 Å². The number of nitrogens with zero attached hydrogens (tertiary/aromatic N) is 5. The minimum Gasteiger partial charge on any atom is -0.339 e. The van der Waals surface area contributed by atoms with E-state index in [0.29, 0.717) is 17.6 Å². The van der Waals surface area contributed by atoms with Crippen molar-refractivity contribution in [1.82, 2.24) is 10.1 Å². The largest absolute Gasteiger partial charge is 0.339 e. The lowest BCUT2D eigenvalue weighted by atomic mass is 10.1. The van der Waals surface area contributed by atoms with Gasteiger partial charge in [-0.05, 0) is 11.4 Å². The standard InChI is InChI=1S/C7H11N5O/c1-5(2)3-7-10-6(11-13-7)4-9-12-8/h5H,3-4H2,1-2H3. The van der Waals surface area contributed by atoms with Crippen LogP contribution in [0.3, 0.4) is 0 Å². The molecule has 0 N–H and O–H groups in total. The molecule has 0 saturated heterocycles. The first-order valence-corrected chi connectivity index (χ1v) is 4.04. The van der Waals surface area contributed by atoms with Gasteiger partial charge in [0.2, 0.25) is 5.89 Å². The first kappa shape index (κ1) is 9.54. The molecule has 1 aromatic rings. The van der Waals surface area contributed by atoms with Crippen LogP contribution in [0.4, 0.5) is 0 Å². The molecule has 0 unspecified atom stereocenters. The Hall–Kier alpha value is -1.55. The molecule has 6 nitrogen and oxygen atoms in total. The summed E-state index contributed by atoms with van der Waals surface area (Å²) in [6.07, 6.45) is 0.753. The number of hydrogen-bond acceptors (Lipinski definition) is 4. The summed E-state index contributed by atoms with van der Waals surface area (Å²) < 4.78 is 4.93. The molecule has 0 spiro atoms. The lowest BCUT2D eigenvalue weighted by Gasteiger charge is -1.95. The van der Waals surface area contributed by atoms with Gasteiger partial charge in [0.15, 0.2) is 5.82 Å². The highest BCUT2D eigenvalue weighted by atomic mass is 16.5. The van der Waals surface area contributed by atoms with E-state index in [1.165, 1.54) is 0 Å². The first-order valence-electron chi connectivity index (χ1n) is 4.04. The van der Waals surface area contributed by atoms with E-state index in [-0.39, 0.29) is 6.54 Å². The second-order valence-corrected chi connectivity index (χ2v) is 3.09. The van der Waals surface area contributed by atoms with E-state index in [1.54, 1.807) is 0 Å². The number of hydrogen-bond donors (Lipinski definition) is 0. The quantitative estimate of drug-likeness (QED) is 0.404. The van der Waals surface area contributed by atoms with Crippen LogP contribution in [0.5, 0.6) is 0 Å². The Bertz CT molecular complexity index is 312. The SMILES string of the molecule is CC(C)Cc1nc(CN=[N+]=[N-])no1. The Morgan fingerprint density at radius 1 is 1.62 bits per heavy atom. The third-order valence-electron chi connectivity index (χ3n) is 1.37. The van der Waals surface area contributed by atoms with E-state index in [9.17, 15) is 0 Å². The fraction of sp³-hybridized carbons (Fsp3) is 0.714. The summed E-state index contributed by atoms with van der Waals surface area (Å²) in [5.74, 6) is 1.51. The molecule has 0 aliphatic rings. The highest BCUT2D eigenvalue weighted by Gasteiger charge is 2.06. The van der Waals surface area contributed by atoms with E-state index in [0.717, 1.165) is 6.42 Å². The Kier molecular flexibility index (Phi) is 3.28. The van der Waals surface area contributed by atoms with Gasteiger partial charge in [-0.2, -0.15) is 4.98 Å². The van der Waals surface area contributed by atoms with E-state index in [1.807, 2.05) is 0 Å². The minimum absolute atomic E-state index is 0.151. The third kappa shape index (κ3) is 3.13. The van der Waals surface area contributed by atoms with Gasteiger partial charge in [0.05, 0.1) is 6.54 Å². The highest BCUT2D eigenvalue weighted by Crippen LogP contribution is 2.05. The molecule has 0 aromatic carbocycles. The van der Waals surface area contributed by atoms with E-state index < -0.39 is 0 Å². The van der Waals surface area contributed by atoms with Crippen LogP contribution >= 0.6 is 0 Å². The van der Waals surface area contributed by atoms with Crippen molar-refractivity contribution < 1.29 is 4.52 Å². The average molecular weight is 181 g/mol. The summed E-state index contributed by atoms with van der Waals surface area (Å²) >= 11 is 0. The molecule has 13 heavy (non-hydrogen) atoms. The van der Waals surface area contributed by atoms with Gasteiger partial charge in [0, 0.05) is 11.3 Å². The van der Waals surface area contributed by atoms with Crippen LogP contribution in [0, 0.1) is 5.92 Å². The van der Waals surface area contributed by atoms with Crippen molar-refractivity contribution in [3.05, 3.63) is 22.2 Å². The number of rotatable bonds is 4. The van der Waals surface area contributed by atoms with Crippen molar-refractivity contribution in [2.75, 3.05) is 0 Å². The van der Waals surface area contributed by atoms with Crippen LogP contribution in [0.25, 0.3) is 10.4 Å². The molecule has 0 saturated carbocycles. The number of aromatic nitrogens is 2. The zero-order chi connectivity index (χ0) is 9.68. The van der Waals surface area contributed by atoms with Crippen molar-refractivity contribution in [3.8, 4) is 0 Å². The zero-order valence-electron chi connectivity index (χ0n) is 7.64. The normalized spacial score (nSPS) is 10.1. The van der Waals surface area contributed by atoms with Crippen molar-refractivity contribution in [2.24, 2.45) is 11.0 Å². The lowest BCUT2D eigenvalue weighted by molar-refractivity contribution is 0.359. The van der Waals surface area contributed by atoms with Crippen LogP contribution in [-0.4, -0.2) is 10.1 Å². The predicted molar refractivity (Wildman–Crippen MR) is 45.7 cm³/mol. The Labute approximate surface area is 75.6 Å². The monoisotopic (exact) mass is 181 g/mol. The van der Waals surface area contributed by atoms with Gasteiger partial charge in [-0.3, -0.25) is 0 Å². The molecular weight excluding hydrogens is 170 g/mol. The molecule has 6 heteroatoms. The van der Waals surface area contributed by atoms with Gasteiger partial charge in [-0.1, -0.05) is 24.1 Å².